The second-order valence-electron chi connectivity index (χ2n) is 10.5. The van der Waals surface area contributed by atoms with E-state index >= 15 is 0 Å². The second kappa shape index (κ2) is 10.6. The van der Waals surface area contributed by atoms with Crippen LogP contribution in [0.1, 0.15) is 113 Å². The van der Waals surface area contributed by atoms with Crippen LogP contribution in [0, 0.1) is 40.4 Å². The Bertz CT molecular complexity index is 616. The van der Waals surface area contributed by atoms with Gasteiger partial charge in [0.25, 0.3) is 0 Å². The summed E-state index contributed by atoms with van der Waals surface area (Å²) in [5.41, 5.74) is 2.39. The number of carbonyl (C=O) groups is 1. The molecule has 0 N–H and O–H groups in total. The maximum Gasteiger partial charge on any atom is 0.155 e. The third-order valence-corrected chi connectivity index (χ3v) is 9.55. The Balaban J connectivity index is 0.000000757. The van der Waals surface area contributed by atoms with Crippen LogP contribution in [-0.2, 0) is 4.79 Å². The van der Waals surface area contributed by atoms with E-state index in [4.69, 9.17) is 0 Å². The van der Waals surface area contributed by atoms with Crippen LogP contribution in [0.15, 0.2) is 24.3 Å². The van der Waals surface area contributed by atoms with Gasteiger partial charge in [0.1, 0.15) is 0 Å². The van der Waals surface area contributed by atoms with Crippen molar-refractivity contribution < 1.29 is 4.79 Å². The van der Waals surface area contributed by atoms with Gasteiger partial charge in [-0.15, -0.1) is 6.58 Å². The third-order valence-electron chi connectivity index (χ3n) is 9.55. The summed E-state index contributed by atoms with van der Waals surface area (Å²) in [6, 6.07) is 0. The van der Waals surface area contributed by atoms with Crippen LogP contribution < -0.4 is 0 Å². The molecule has 0 radical (unpaired) electrons. The smallest absolute Gasteiger partial charge is 0.155 e. The maximum absolute atomic E-state index is 12.0. The highest BCUT2D eigenvalue weighted by molar-refractivity contribution is 5.91. The number of fused-ring (bicyclic) bond motifs is 5. The first-order valence-electron chi connectivity index (χ1n) is 13.2. The van der Waals surface area contributed by atoms with Crippen molar-refractivity contribution in [3.8, 4) is 0 Å². The summed E-state index contributed by atoms with van der Waals surface area (Å²) in [7, 11) is 0. The van der Waals surface area contributed by atoms with Crippen molar-refractivity contribution in [2.75, 3.05) is 0 Å². The van der Waals surface area contributed by atoms with Gasteiger partial charge in [-0.2, -0.15) is 0 Å². The van der Waals surface area contributed by atoms with E-state index in [0.29, 0.717) is 16.6 Å². The first kappa shape index (κ1) is 25.4. The molecule has 7 atom stereocenters. The maximum atomic E-state index is 12.0. The minimum absolute atomic E-state index is 0.324. The first-order chi connectivity index (χ1) is 14.4. The Hall–Kier alpha value is -0.850. The van der Waals surface area contributed by atoms with Gasteiger partial charge in [0.05, 0.1) is 0 Å². The summed E-state index contributed by atoms with van der Waals surface area (Å²) in [5.74, 6) is 4.78. The largest absolute Gasteiger partial charge is 0.295 e. The van der Waals surface area contributed by atoms with Gasteiger partial charge in [0.15, 0.2) is 5.78 Å². The van der Waals surface area contributed by atoms with Crippen molar-refractivity contribution in [3.63, 3.8) is 0 Å². The summed E-state index contributed by atoms with van der Waals surface area (Å²) >= 11 is 0. The van der Waals surface area contributed by atoms with E-state index in [9.17, 15) is 4.79 Å². The molecule has 4 aliphatic carbocycles. The van der Waals surface area contributed by atoms with Crippen LogP contribution in [-0.4, -0.2) is 5.78 Å². The molecule has 0 aromatic rings. The van der Waals surface area contributed by atoms with Crippen molar-refractivity contribution in [3.05, 3.63) is 24.3 Å². The molecule has 0 aromatic heterocycles. The quantitative estimate of drug-likeness (QED) is 0.420. The molecule has 1 heteroatoms. The zero-order valence-electron chi connectivity index (χ0n) is 21.2. The predicted octanol–water partition coefficient (Wildman–Crippen LogP) is 8.79. The monoisotopic (exact) mass is 414 g/mol. The summed E-state index contributed by atoms with van der Waals surface area (Å²) in [6.07, 6.45) is 16.8. The number of rotatable bonds is 4. The first-order valence-corrected chi connectivity index (χ1v) is 13.2. The van der Waals surface area contributed by atoms with Gasteiger partial charge >= 0.3 is 0 Å². The minimum atomic E-state index is 0.324. The molecule has 0 saturated heterocycles. The Morgan fingerprint density at radius 3 is 2.40 bits per heavy atom. The van der Waals surface area contributed by atoms with E-state index in [1.807, 2.05) is 33.8 Å². The van der Waals surface area contributed by atoms with Gasteiger partial charge in [-0.3, -0.25) is 4.79 Å². The molecule has 0 bridgehead atoms. The Kier molecular flexibility index (Phi) is 9.02. The van der Waals surface area contributed by atoms with Crippen molar-refractivity contribution in [2.24, 2.45) is 40.4 Å². The molecule has 172 valence electrons. The van der Waals surface area contributed by atoms with Crippen LogP contribution >= 0.6 is 0 Å². The van der Waals surface area contributed by atoms with Crippen LogP contribution in [0.25, 0.3) is 0 Å². The van der Waals surface area contributed by atoms with Crippen LogP contribution in [0.4, 0.5) is 0 Å². The van der Waals surface area contributed by atoms with Crippen molar-refractivity contribution in [1.82, 2.24) is 0 Å². The summed E-state index contributed by atoms with van der Waals surface area (Å²) in [4.78, 5) is 12.0. The fourth-order valence-electron chi connectivity index (χ4n) is 8.12. The average molecular weight is 415 g/mol. The zero-order chi connectivity index (χ0) is 22.5. The lowest BCUT2D eigenvalue weighted by molar-refractivity contribution is -0.117. The van der Waals surface area contributed by atoms with Gasteiger partial charge in [0.2, 0.25) is 0 Å². The van der Waals surface area contributed by atoms with Gasteiger partial charge in [-0.05, 0) is 104 Å². The van der Waals surface area contributed by atoms with E-state index in [1.165, 1.54) is 56.9 Å². The topological polar surface area (TPSA) is 17.1 Å². The molecule has 0 aromatic carbocycles. The van der Waals surface area contributed by atoms with Gasteiger partial charge in [-0.25, -0.2) is 0 Å². The number of hydrogen-bond acceptors (Lipinski definition) is 1. The standard InChI is InChI=1S/C25H38O.2C2H6/c1-5-6-7-17(2)21-10-11-22-20-9-8-18-16-19(26)12-14-24(18,3)23(20)13-15-25(21,22)4;2*1-2/h5,16-17,20-23H,1,6-15H2,2-4H3;2*1-2H3. The predicted molar refractivity (Wildman–Crippen MR) is 131 cm³/mol. The highest BCUT2D eigenvalue weighted by atomic mass is 16.1. The van der Waals surface area contributed by atoms with E-state index in [0.717, 1.165) is 42.4 Å². The van der Waals surface area contributed by atoms with Crippen molar-refractivity contribution >= 4 is 5.78 Å². The molecule has 0 aliphatic heterocycles. The third kappa shape index (κ3) is 4.37. The van der Waals surface area contributed by atoms with Gasteiger partial charge in [-0.1, -0.05) is 60.1 Å². The normalized spacial score (nSPS) is 40.2. The number of allylic oxidation sites excluding steroid dienone is 2. The van der Waals surface area contributed by atoms with Gasteiger partial charge < -0.3 is 0 Å². The highest BCUT2D eigenvalue weighted by Gasteiger charge is 2.59. The van der Waals surface area contributed by atoms with Gasteiger partial charge in [0, 0.05) is 6.42 Å². The number of carbonyl (C=O) groups excluding carboxylic acids is 1. The molecule has 4 aliphatic rings. The highest BCUT2D eigenvalue weighted by Crippen LogP contribution is 2.67. The molecule has 30 heavy (non-hydrogen) atoms. The second-order valence-corrected chi connectivity index (χ2v) is 10.5. The zero-order valence-corrected chi connectivity index (χ0v) is 21.2. The Morgan fingerprint density at radius 2 is 1.73 bits per heavy atom. The lowest BCUT2D eigenvalue weighted by Crippen LogP contribution is -2.50. The van der Waals surface area contributed by atoms with Crippen LogP contribution in [0.5, 0.6) is 0 Å². The average Bonchev–Trinajstić information content (AvgIpc) is 3.12. The molecule has 3 saturated carbocycles. The lowest BCUT2D eigenvalue weighted by Gasteiger charge is -2.58. The van der Waals surface area contributed by atoms with E-state index in [1.54, 1.807) is 0 Å². The molecular formula is C29H50O. The molecule has 0 heterocycles. The number of ketones is 1. The van der Waals surface area contributed by atoms with Crippen LogP contribution in [0.3, 0.4) is 0 Å². The Morgan fingerprint density at radius 1 is 1.03 bits per heavy atom. The fourth-order valence-corrected chi connectivity index (χ4v) is 8.12. The SMILES string of the molecule is C=CCCC(C)C1CCC2C3CCC4=CC(=O)CCC4(C)C3CCC12C.CC.CC. The molecule has 4 rings (SSSR count). The van der Waals surface area contributed by atoms with E-state index in [2.05, 4.69) is 33.4 Å². The summed E-state index contributed by atoms with van der Waals surface area (Å²) in [5, 5.41) is 0. The van der Waals surface area contributed by atoms with E-state index < -0.39 is 0 Å². The lowest BCUT2D eigenvalue weighted by atomic mass is 9.46. The minimum Gasteiger partial charge on any atom is -0.295 e. The molecule has 0 amide bonds. The van der Waals surface area contributed by atoms with Crippen molar-refractivity contribution in [1.29, 1.82) is 0 Å². The summed E-state index contributed by atoms with van der Waals surface area (Å²) < 4.78 is 0. The molecule has 1 nitrogen and oxygen atoms in total. The molecule has 3 fully saturated rings. The number of hydrogen-bond donors (Lipinski definition) is 0. The summed E-state index contributed by atoms with van der Waals surface area (Å²) in [6.45, 7) is 19.6. The van der Waals surface area contributed by atoms with Crippen LogP contribution in [0.2, 0.25) is 0 Å². The van der Waals surface area contributed by atoms with E-state index in [-0.39, 0.29) is 0 Å². The molecular weight excluding hydrogens is 364 g/mol. The molecule has 7 unspecified atom stereocenters. The Labute approximate surface area is 188 Å². The fraction of sp³-hybridized carbons (Fsp3) is 0.828. The van der Waals surface area contributed by atoms with Crippen molar-refractivity contribution in [2.45, 2.75) is 113 Å². The molecule has 0 spiro atoms.